The van der Waals surface area contributed by atoms with E-state index in [-0.39, 0.29) is 6.54 Å². The van der Waals surface area contributed by atoms with Crippen LogP contribution in [0.4, 0.5) is 0 Å². The molecule has 0 spiro atoms. The Kier molecular flexibility index (Phi) is 2.95. The summed E-state index contributed by atoms with van der Waals surface area (Å²) in [5, 5.41) is 8.59. The minimum absolute atomic E-state index is 0.215. The Labute approximate surface area is 64.7 Å². The Balaban J connectivity index is 4.73. The summed E-state index contributed by atoms with van der Waals surface area (Å²) in [6, 6.07) is 0. The van der Waals surface area contributed by atoms with Crippen LogP contribution in [0.1, 0.15) is 6.92 Å². The maximum atomic E-state index is 10.9. The number of nitrogens with two attached hydrogens (primary N) is 1. The van der Waals surface area contributed by atoms with E-state index in [0.717, 1.165) is 6.08 Å². The molecule has 1 unspecified atom stereocenters. The number of rotatable bonds is 4. The molecule has 0 saturated heterocycles. The first kappa shape index (κ1) is 9.84. The Morgan fingerprint density at radius 3 is 2.27 bits per heavy atom. The van der Waals surface area contributed by atoms with Crippen molar-refractivity contribution in [2.75, 3.05) is 6.54 Å². The van der Waals surface area contributed by atoms with Crippen molar-refractivity contribution in [3.63, 3.8) is 0 Å². The first-order chi connectivity index (χ1) is 4.99. The smallest absolute Gasteiger partial charge is 0.318 e. The fourth-order valence-corrected chi connectivity index (χ4v) is 0.519. The molecule has 0 heterocycles. The van der Waals surface area contributed by atoms with Gasteiger partial charge in [-0.25, -0.2) is 0 Å². The zero-order valence-corrected chi connectivity index (χ0v) is 6.33. The monoisotopic (exact) mass is 157 g/mol. The molecule has 62 valence electrons. The third-order valence-corrected chi connectivity index (χ3v) is 1.61. The van der Waals surface area contributed by atoms with Crippen molar-refractivity contribution in [1.29, 1.82) is 0 Å². The average molecular weight is 157 g/mol. The number of hydrogen-bond acceptors (Lipinski definition) is 3. The topological polar surface area (TPSA) is 80.4 Å². The predicted molar refractivity (Wildman–Crippen MR) is 40.0 cm³/mol. The van der Waals surface area contributed by atoms with Crippen molar-refractivity contribution in [2.45, 2.75) is 6.92 Å². The molecule has 0 aromatic carbocycles. The second kappa shape index (κ2) is 3.30. The van der Waals surface area contributed by atoms with Gasteiger partial charge in [0.2, 0.25) is 0 Å². The van der Waals surface area contributed by atoms with E-state index in [0.29, 0.717) is 0 Å². The molecule has 0 aromatic rings. The molecule has 4 nitrogen and oxygen atoms in total. The molecule has 0 radical (unpaired) electrons. The zero-order chi connectivity index (χ0) is 9.07. The van der Waals surface area contributed by atoms with Crippen LogP contribution in [0.2, 0.25) is 0 Å². The van der Waals surface area contributed by atoms with E-state index in [9.17, 15) is 9.59 Å². The summed E-state index contributed by atoms with van der Waals surface area (Å²) in [5.41, 5.74) is 3.62. The Bertz CT molecular complexity index is 200. The highest BCUT2D eigenvalue weighted by molar-refractivity contribution is 6.08. The van der Waals surface area contributed by atoms with Gasteiger partial charge in [-0.3, -0.25) is 9.59 Å². The molecule has 0 amide bonds. The molecule has 1 atom stereocenters. The number of carboxylic acids is 1. The maximum absolute atomic E-state index is 10.9. The van der Waals surface area contributed by atoms with E-state index in [2.05, 4.69) is 6.58 Å². The zero-order valence-electron chi connectivity index (χ0n) is 6.33. The van der Waals surface area contributed by atoms with Crippen LogP contribution in [0.15, 0.2) is 12.7 Å². The van der Waals surface area contributed by atoms with Crippen molar-refractivity contribution in [3.8, 4) is 0 Å². The molecule has 0 aliphatic rings. The number of carboxylic acid groups (broad SMARTS) is 1. The first-order valence-electron chi connectivity index (χ1n) is 3.09. The highest BCUT2D eigenvalue weighted by Crippen LogP contribution is 2.16. The lowest BCUT2D eigenvalue weighted by atomic mass is 9.86. The lowest BCUT2D eigenvalue weighted by Crippen LogP contribution is -2.42. The third kappa shape index (κ3) is 1.65. The summed E-state index contributed by atoms with van der Waals surface area (Å²) in [6.45, 7) is 4.25. The molecule has 0 bridgehead atoms. The Morgan fingerprint density at radius 1 is 1.73 bits per heavy atom. The Hall–Kier alpha value is -1.16. The lowest BCUT2D eigenvalue weighted by molar-refractivity contribution is -0.151. The van der Waals surface area contributed by atoms with Crippen LogP contribution in [0, 0.1) is 5.41 Å². The van der Waals surface area contributed by atoms with Gasteiger partial charge in [0.1, 0.15) is 5.41 Å². The quantitative estimate of drug-likeness (QED) is 0.437. The van der Waals surface area contributed by atoms with Crippen LogP contribution in [-0.2, 0) is 9.59 Å². The maximum Gasteiger partial charge on any atom is 0.318 e. The van der Waals surface area contributed by atoms with Crippen molar-refractivity contribution in [3.05, 3.63) is 12.7 Å². The fourth-order valence-electron chi connectivity index (χ4n) is 0.519. The number of aliphatic carboxylic acids is 1. The van der Waals surface area contributed by atoms with E-state index in [1.807, 2.05) is 0 Å². The Morgan fingerprint density at radius 2 is 2.18 bits per heavy atom. The van der Waals surface area contributed by atoms with Gasteiger partial charge in [-0.1, -0.05) is 6.58 Å². The lowest BCUT2D eigenvalue weighted by Gasteiger charge is -2.18. The average Bonchev–Trinajstić information content (AvgIpc) is 2.01. The number of ketones is 1. The van der Waals surface area contributed by atoms with E-state index < -0.39 is 17.2 Å². The third-order valence-electron chi connectivity index (χ3n) is 1.61. The molecule has 0 fully saturated rings. The van der Waals surface area contributed by atoms with Crippen LogP contribution in [0.3, 0.4) is 0 Å². The fraction of sp³-hybridized carbons (Fsp3) is 0.429. The van der Waals surface area contributed by atoms with Crippen LogP contribution in [0.25, 0.3) is 0 Å². The molecule has 3 N–H and O–H groups in total. The standard InChI is InChI=1S/C7H11NO3/c1-3-5(9)7(2,4-8)6(10)11/h3H,1,4,8H2,2H3,(H,10,11). The van der Waals surface area contributed by atoms with Gasteiger partial charge in [0.15, 0.2) is 5.78 Å². The van der Waals surface area contributed by atoms with E-state index >= 15 is 0 Å². The van der Waals surface area contributed by atoms with Crippen molar-refractivity contribution in [2.24, 2.45) is 11.1 Å². The number of hydrogen-bond donors (Lipinski definition) is 2. The SMILES string of the molecule is C=CC(=O)C(C)(CN)C(=O)O. The number of carbonyl (C=O) groups excluding carboxylic acids is 1. The van der Waals surface area contributed by atoms with Gasteiger partial charge in [0, 0.05) is 6.54 Å². The molecule has 4 heteroatoms. The van der Waals surface area contributed by atoms with Crippen molar-refractivity contribution >= 4 is 11.8 Å². The van der Waals surface area contributed by atoms with E-state index in [4.69, 9.17) is 10.8 Å². The van der Waals surface area contributed by atoms with Crippen LogP contribution in [0.5, 0.6) is 0 Å². The molecule has 0 aliphatic heterocycles. The molecule has 0 aromatic heterocycles. The number of allylic oxidation sites excluding steroid dienone is 1. The van der Waals surface area contributed by atoms with E-state index in [1.165, 1.54) is 6.92 Å². The first-order valence-corrected chi connectivity index (χ1v) is 3.09. The minimum Gasteiger partial charge on any atom is -0.480 e. The van der Waals surface area contributed by atoms with Gasteiger partial charge in [0.05, 0.1) is 0 Å². The normalized spacial score (nSPS) is 15.1. The molecular weight excluding hydrogens is 146 g/mol. The van der Waals surface area contributed by atoms with Gasteiger partial charge in [-0.05, 0) is 13.0 Å². The largest absolute Gasteiger partial charge is 0.480 e. The second-order valence-electron chi connectivity index (χ2n) is 2.41. The van der Waals surface area contributed by atoms with Crippen LogP contribution in [-0.4, -0.2) is 23.4 Å². The molecular formula is C7H11NO3. The van der Waals surface area contributed by atoms with Gasteiger partial charge in [-0.15, -0.1) is 0 Å². The molecule has 0 aliphatic carbocycles. The van der Waals surface area contributed by atoms with Crippen molar-refractivity contribution < 1.29 is 14.7 Å². The van der Waals surface area contributed by atoms with E-state index in [1.54, 1.807) is 0 Å². The van der Waals surface area contributed by atoms with Gasteiger partial charge >= 0.3 is 5.97 Å². The second-order valence-corrected chi connectivity index (χ2v) is 2.41. The van der Waals surface area contributed by atoms with Gasteiger partial charge in [-0.2, -0.15) is 0 Å². The summed E-state index contributed by atoms with van der Waals surface area (Å²) in [5.74, 6) is -1.78. The highest BCUT2D eigenvalue weighted by atomic mass is 16.4. The minimum atomic E-state index is -1.51. The predicted octanol–water partition coefficient (Wildman–Crippen LogP) is -0.209. The van der Waals surface area contributed by atoms with Gasteiger partial charge < -0.3 is 10.8 Å². The number of carbonyl (C=O) groups is 2. The molecule has 0 rings (SSSR count). The molecule has 11 heavy (non-hydrogen) atoms. The summed E-state index contributed by atoms with van der Waals surface area (Å²) in [6.07, 6.45) is 0.973. The molecule has 0 saturated carbocycles. The van der Waals surface area contributed by atoms with Crippen LogP contribution < -0.4 is 5.73 Å². The highest BCUT2D eigenvalue weighted by Gasteiger charge is 2.37. The van der Waals surface area contributed by atoms with Gasteiger partial charge in [0.25, 0.3) is 0 Å². The van der Waals surface area contributed by atoms with Crippen molar-refractivity contribution in [1.82, 2.24) is 0 Å². The summed E-state index contributed by atoms with van der Waals surface area (Å²) >= 11 is 0. The summed E-state index contributed by atoms with van der Waals surface area (Å²) in [7, 11) is 0. The summed E-state index contributed by atoms with van der Waals surface area (Å²) < 4.78 is 0. The van der Waals surface area contributed by atoms with Crippen LogP contribution >= 0.6 is 0 Å². The summed E-state index contributed by atoms with van der Waals surface area (Å²) in [4.78, 5) is 21.4.